The van der Waals surface area contributed by atoms with Gasteiger partial charge in [-0.25, -0.2) is 4.98 Å². The number of rotatable bonds is 2. The van der Waals surface area contributed by atoms with Gasteiger partial charge in [-0.2, -0.15) is 9.97 Å². The Hall–Kier alpha value is -1.85. The molecule has 0 saturated heterocycles. The minimum absolute atomic E-state index is 0.272. The van der Waals surface area contributed by atoms with Gasteiger partial charge in [0.15, 0.2) is 11.5 Å². The first kappa shape index (κ1) is 8.46. The lowest BCUT2D eigenvalue weighted by Gasteiger charge is -2.26. The van der Waals surface area contributed by atoms with Crippen LogP contribution in [-0.2, 0) is 0 Å². The van der Waals surface area contributed by atoms with Crippen LogP contribution in [0.15, 0.2) is 6.33 Å². The topological polar surface area (TPSA) is 92.5 Å². The third-order valence-corrected chi connectivity index (χ3v) is 2.74. The SMILES string of the molecule is Nc1nc(NC2CCC2)c2nc[nH]c2n1. The van der Waals surface area contributed by atoms with Crippen LogP contribution < -0.4 is 11.1 Å². The molecule has 0 spiro atoms. The quantitative estimate of drug-likeness (QED) is 0.675. The van der Waals surface area contributed by atoms with Crippen molar-refractivity contribution >= 4 is 22.9 Å². The first-order valence-electron chi connectivity index (χ1n) is 5.06. The van der Waals surface area contributed by atoms with Gasteiger partial charge in [0.2, 0.25) is 5.95 Å². The number of nitrogens with two attached hydrogens (primary N) is 1. The van der Waals surface area contributed by atoms with E-state index in [9.17, 15) is 0 Å². The molecule has 6 nitrogen and oxygen atoms in total. The molecule has 1 aliphatic carbocycles. The number of fused-ring (bicyclic) bond motifs is 1. The normalized spacial score (nSPS) is 16.5. The average Bonchev–Trinajstić information content (AvgIpc) is 2.58. The highest BCUT2D eigenvalue weighted by molar-refractivity contribution is 5.83. The van der Waals surface area contributed by atoms with Crippen LogP contribution in [0.25, 0.3) is 11.2 Å². The number of hydrogen-bond acceptors (Lipinski definition) is 5. The molecule has 3 rings (SSSR count). The minimum Gasteiger partial charge on any atom is -0.368 e. The molecule has 78 valence electrons. The number of aromatic amines is 1. The van der Waals surface area contributed by atoms with Crippen LogP contribution in [0.2, 0.25) is 0 Å². The van der Waals surface area contributed by atoms with Crippen molar-refractivity contribution in [3.8, 4) is 0 Å². The molecular formula is C9H12N6. The number of nitrogens with zero attached hydrogens (tertiary/aromatic N) is 3. The Morgan fingerprint density at radius 2 is 2.27 bits per heavy atom. The zero-order chi connectivity index (χ0) is 10.3. The molecule has 0 aliphatic heterocycles. The van der Waals surface area contributed by atoms with E-state index in [2.05, 4.69) is 25.3 Å². The van der Waals surface area contributed by atoms with Crippen molar-refractivity contribution in [3.05, 3.63) is 6.33 Å². The van der Waals surface area contributed by atoms with Crippen molar-refractivity contribution in [2.75, 3.05) is 11.1 Å². The highest BCUT2D eigenvalue weighted by Crippen LogP contribution is 2.25. The Balaban J connectivity index is 2.02. The monoisotopic (exact) mass is 204 g/mol. The average molecular weight is 204 g/mol. The summed E-state index contributed by atoms with van der Waals surface area (Å²) in [6.07, 6.45) is 5.26. The van der Waals surface area contributed by atoms with Crippen LogP contribution in [0.3, 0.4) is 0 Å². The van der Waals surface area contributed by atoms with Gasteiger partial charge in [0, 0.05) is 6.04 Å². The number of nitrogens with one attached hydrogen (secondary N) is 2. The van der Waals surface area contributed by atoms with Crippen LogP contribution in [0.5, 0.6) is 0 Å². The minimum atomic E-state index is 0.272. The van der Waals surface area contributed by atoms with Crippen molar-refractivity contribution < 1.29 is 0 Å². The standard InChI is InChI=1S/C9H12N6/c10-9-14-7-6(11-4-12-7)8(15-9)13-5-2-1-3-5/h4-5H,1-3H2,(H4,10,11,12,13,14,15). The summed E-state index contributed by atoms with van der Waals surface area (Å²) in [5.74, 6) is 1.01. The fourth-order valence-electron chi connectivity index (χ4n) is 1.70. The number of nitrogen functional groups attached to an aromatic ring is 1. The summed E-state index contributed by atoms with van der Waals surface area (Å²) in [7, 11) is 0. The molecule has 1 aliphatic rings. The number of H-pyrrole nitrogens is 1. The Morgan fingerprint density at radius 1 is 1.40 bits per heavy atom. The van der Waals surface area contributed by atoms with Crippen LogP contribution >= 0.6 is 0 Å². The lowest BCUT2D eigenvalue weighted by atomic mass is 9.93. The highest BCUT2D eigenvalue weighted by atomic mass is 15.1. The second kappa shape index (κ2) is 3.08. The second-order valence-corrected chi connectivity index (χ2v) is 3.80. The molecule has 2 aromatic rings. The summed E-state index contributed by atoms with van der Waals surface area (Å²) < 4.78 is 0. The molecule has 15 heavy (non-hydrogen) atoms. The molecule has 2 heterocycles. The first-order valence-corrected chi connectivity index (χ1v) is 5.06. The third kappa shape index (κ3) is 1.38. The van der Waals surface area contributed by atoms with Gasteiger partial charge in [-0.15, -0.1) is 0 Å². The zero-order valence-corrected chi connectivity index (χ0v) is 8.20. The molecule has 4 N–H and O–H groups in total. The van der Waals surface area contributed by atoms with E-state index in [1.807, 2.05) is 0 Å². The molecule has 0 unspecified atom stereocenters. The maximum absolute atomic E-state index is 5.61. The first-order chi connectivity index (χ1) is 7.33. The smallest absolute Gasteiger partial charge is 0.224 e. The third-order valence-electron chi connectivity index (χ3n) is 2.74. The van der Waals surface area contributed by atoms with E-state index in [4.69, 9.17) is 5.73 Å². The molecule has 1 fully saturated rings. The van der Waals surface area contributed by atoms with E-state index < -0.39 is 0 Å². The van der Waals surface area contributed by atoms with Crippen LogP contribution in [0.4, 0.5) is 11.8 Å². The van der Waals surface area contributed by atoms with Gasteiger partial charge in [0.25, 0.3) is 0 Å². The van der Waals surface area contributed by atoms with Gasteiger partial charge < -0.3 is 16.0 Å². The molecule has 0 bridgehead atoms. The number of aromatic nitrogens is 4. The molecule has 0 atom stereocenters. The molecule has 2 aromatic heterocycles. The van der Waals surface area contributed by atoms with Gasteiger partial charge in [-0.1, -0.05) is 0 Å². The fraction of sp³-hybridized carbons (Fsp3) is 0.444. The van der Waals surface area contributed by atoms with E-state index in [1.165, 1.54) is 19.3 Å². The molecule has 0 amide bonds. The Morgan fingerprint density at radius 3 is 3.00 bits per heavy atom. The number of imidazole rings is 1. The summed E-state index contributed by atoms with van der Waals surface area (Å²) in [4.78, 5) is 15.3. The van der Waals surface area contributed by atoms with Gasteiger partial charge in [0.05, 0.1) is 6.33 Å². The van der Waals surface area contributed by atoms with Crippen molar-refractivity contribution in [2.24, 2.45) is 0 Å². The predicted molar refractivity (Wildman–Crippen MR) is 57.4 cm³/mol. The maximum Gasteiger partial charge on any atom is 0.224 e. The predicted octanol–water partition coefficient (Wildman–Crippen LogP) is 0.899. The lowest BCUT2D eigenvalue weighted by molar-refractivity contribution is 0.445. The summed E-state index contributed by atoms with van der Waals surface area (Å²) in [6.45, 7) is 0. The van der Waals surface area contributed by atoms with Gasteiger partial charge in [0.1, 0.15) is 5.52 Å². The lowest BCUT2D eigenvalue weighted by Crippen LogP contribution is -2.27. The Labute approximate surface area is 86.3 Å². The Bertz CT molecular complexity index is 486. The van der Waals surface area contributed by atoms with Gasteiger partial charge in [-0.05, 0) is 19.3 Å². The van der Waals surface area contributed by atoms with Crippen molar-refractivity contribution in [1.29, 1.82) is 0 Å². The summed E-state index contributed by atoms with van der Waals surface area (Å²) in [5, 5.41) is 3.33. The summed E-state index contributed by atoms with van der Waals surface area (Å²) >= 11 is 0. The van der Waals surface area contributed by atoms with E-state index in [0.29, 0.717) is 11.7 Å². The van der Waals surface area contributed by atoms with Crippen LogP contribution in [0.1, 0.15) is 19.3 Å². The van der Waals surface area contributed by atoms with Crippen LogP contribution in [0, 0.1) is 0 Å². The van der Waals surface area contributed by atoms with E-state index >= 15 is 0 Å². The molecule has 6 heteroatoms. The van der Waals surface area contributed by atoms with E-state index in [0.717, 1.165) is 11.3 Å². The van der Waals surface area contributed by atoms with Gasteiger partial charge >= 0.3 is 0 Å². The van der Waals surface area contributed by atoms with Crippen molar-refractivity contribution in [2.45, 2.75) is 25.3 Å². The molecule has 0 aromatic carbocycles. The zero-order valence-electron chi connectivity index (χ0n) is 8.20. The molecule has 1 saturated carbocycles. The Kier molecular flexibility index (Phi) is 1.74. The van der Waals surface area contributed by atoms with Crippen molar-refractivity contribution in [3.63, 3.8) is 0 Å². The second-order valence-electron chi connectivity index (χ2n) is 3.80. The van der Waals surface area contributed by atoms with Crippen LogP contribution in [-0.4, -0.2) is 26.0 Å². The number of anilines is 2. The van der Waals surface area contributed by atoms with E-state index in [1.54, 1.807) is 6.33 Å². The fourth-order valence-corrected chi connectivity index (χ4v) is 1.70. The summed E-state index contributed by atoms with van der Waals surface area (Å²) in [6, 6.07) is 0.513. The maximum atomic E-state index is 5.61. The molecular weight excluding hydrogens is 192 g/mol. The molecule has 0 radical (unpaired) electrons. The van der Waals surface area contributed by atoms with Crippen molar-refractivity contribution in [1.82, 2.24) is 19.9 Å². The largest absolute Gasteiger partial charge is 0.368 e. The van der Waals surface area contributed by atoms with E-state index in [-0.39, 0.29) is 5.95 Å². The summed E-state index contributed by atoms with van der Waals surface area (Å²) in [5.41, 5.74) is 7.05. The number of hydrogen-bond donors (Lipinski definition) is 3. The van der Waals surface area contributed by atoms with Gasteiger partial charge in [-0.3, -0.25) is 0 Å². The highest BCUT2D eigenvalue weighted by Gasteiger charge is 2.19.